The molecule has 0 atom stereocenters. The summed E-state index contributed by atoms with van der Waals surface area (Å²) in [6.45, 7) is 6.88. The first-order valence-corrected chi connectivity index (χ1v) is 10.4. The van der Waals surface area contributed by atoms with Crippen LogP contribution in [0.5, 0.6) is 0 Å². The highest BCUT2D eigenvalue weighted by atomic mass is 127. The van der Waals surface area contributed by atoms with Crippen LogP contribution in [0.1, 0.15) is 17.7 Å². The van der Waals surface area contributed by atoms with Crippen molar-refractivity contribution < 1.29 is 13.5 Å². The van der Waals surface area contributed by atoms with Gasteiger partial charge in [0.25, 0.3) is 0 Å². The normalized spacial score (nSPS) is 14.9. The molecule has 0 aliphatic carbocycles. The van der Waals surface area contributed by atoms with E-state index in [0.717, 1.165) is 82.5 Å². The number of nitrogens with one attached hydrogen (secondary N) is 2. The average Bonchev–Trinajstić information content (AvgIpc) is 3.25. The minimum atomic E-state index is -0.198. The summed E-state index contributed by atoms with van der Waals surface area (Å²) in [4.78, 5) is 7.12. The molecule has 0 saturated carbocycles. The maximum Gasteiger partial charge on any atom is 0.191 e. The Bertz CT molecular complexity index is 736. The van der Waals surface area contributed by atoms with Crippen molar-refractivity contribution in [2.24, 2.45) is 4.99 Å². The van der Waals surface area contributed by atoms with Crippen LogP contribution in [0, 0.1) is 5.82 Å². The van der Waals surface area contributed by atoms with Crippen molar-refractivity contribution in [3.63, 3.8) is 0 Å². The van der Waals surface area contributed by atoms with Gasteiger partial charge in [-0.25, -0.2) is 4.39 Å². The minimum absolute atomic E-state index is 0. The monoisotopic (exact) mass is 530 g/mol. The first kappa shape index (κ1) is 24.6. The van der Waals surface area contributed by atoms with Crippen LogP contribution in [-0.2, 0) is 17.6 Å². The summed E-state index contributed by atoms with van der Waals surface area (Å²) in [6.07, 6.45) is 4.23. The summed E-state index contributed by atoms with van der Waals surface area (Å²) in [5.41, 5.74) is 0.972. The summed E-state index contributed by atoms with van der Waals surface area (Å²) < 4.78 is 24.1. The molecular weight excluding hydrogens is 498 g/mol. The first-order valence-electron chi connectivity index (χ1n) is 10.4. The van der Waals surface area contributed by atoms with Gasteiger partial charge in [-0.05, 0) is 42.7 Å². The predicted octanol–water partition coefficient (Wildman–Crippen LogP) is 3.08. The van der Waals surface area contributed by atoms with Crippen LogP contribution in [0.2, 0.25) is 0 Å². The zero-order chi connectivity index (χ0) is 20.2. The third-order valence-corrected chi connectivity index (χ3v) is 4.85. The van der Waals surface area contributed by atoms with E-state index < -0.39 is 0 Å². The Hall–Kier alpha value is -1.65. The Labute approximate surface area is 195 Å². The number of aliphatic imine (C=N–C) groups is 1. The topological polar surface area (TPSA) is 62.0 Å². The summed E-state index contributed by atoms with van der Waals surface area (Å²) >= 11 is 0. The highest BCUT2D eigenvalue weighted by Gasteiger charge is 2.09. The van der Waals surface area contributed by atoms with Gasteiger partial charge in [0.2, 0.25) is 0 Å². The van der Waals surface area contributed by atoms with E-state index >= 15 is 0 Å². The quantitative estimate of drug-likeness (QED) is 0.214. The number of halogens is 2. The lowest BCUT2D eigenvalue weighted by Crippen LogP contribution is -2.40. The molecule has 1 fully saturated rings. The Kier molecular flexibility index (Phi) is 11.8. The summed E-state index contributed by atoms with van der Waals surface area (Å²) in [6, 6.07) is 10.6. The number of furan rings is 1. The fourth-order valence-corrected chi connectivity index (χ4v) is 3.26. The molecule has 2 aromatic rings. The number of hydrogen-bond acceptors (Lipinski definition) is 4. The number of morpholine rings is 1. The molecule has 0 amide bonds. The van der Waals surface area contributed by atoms with Crippen LogP contribution < -0.4 is 10.6 Å². The zero-order valence-electron chi connectivity index (χ0n) is 17.3. The lowest BCUT2D eigenvalue weighted by molar-refractivity contribution is 0.0377. The van der Waals surface area contributed by atoms with E-state index in [1.165, 1.54) is 6.07 Å². The molecule has 166 valence electrons. The fourth-order valence-electron chi connectivity index (χ4n) is 3.26. The minimum Gasteiger partial charge on any atom is -0.469 e. The fraction of sp³-hybridized carbons (Fsp3) is 0.500. The molecule has 1 aliphatic rings. The molecule has 6 nitrogen and oxygen atoms in total. The third-order valence-electron chi connectivity index (χ3n) is 4.85. The second-order valence-electron chi connectivity index (χ2n) is 7.10. The number of ether oxygens (including phenoxy) is 1. The van der Waals surface area contributed by atoms with Gasteiger partial charge in [-0.3, -0.25) is 9.89 Å². The van der Waals surface area contributed by atoms with Gasteiger partial charge in [0.1, 0.15) is 11.6 Å². The van der Waals surface area contributed by atoms with Gasteiger partial charge in [-0.1, -0.05) is 12.1 Å². The van der Waals surface area contributed by atoms with E-state index in [4.69, 9.17) is 14.1 Å². The second-order valence-corrected chi connectivity index (χ2v) is 7.10. The molecule has 30 heavy (non-hydrogen) atoms. The van der Waals surface area contributed by atoms with Gasteiger partial charge >= 0.3 is 0 Å². The molecule has 0 bridgehead atoms. The van der Waals surface area contributed by atoms with Gasteiger partial charge in [0.15, 0.2) is 5.96 Å². The number of guanidine groups is 1. The van der Waals surface area contributed by atoms with Crippen LogP contribution in [0.15, 0.2) is 52.1 Å². The highest BCUT2D eigenvalue weighted by molar-refractivity contribution is 14.0. The zero-order valence-corrected chi connectivity index (χ0v) is 19.6. The maximum atomic E-state index is 13.3. The van der Waals surface area contributed by atoms with Gasteiger partial charge in [0.05, 0.1) is 19.5 Å². The van der Waals surface area contributed by atoms with Crippen LogP contribution in [-0.4, -0.2) is 63.3 Å². The SMILES string of the molecule is Fc1cccc(CCNC(=NCCCN2CCOCC2)NCCc2ccco2)c1.I. The predicted molar refractivity (Wildman–Crippen MR) is 128 cm³/mol. The number of benzene rings is 1. The molecule has 0 unspecified atom stereocenters. The maximum absolute atomic E-state index is 13.3. The van der Waals surface area contributed by atoms with Crippen molar-refractivity contribution in [1.29, 1.82) is 0 Å². The van der Waals surface area contributed by atoms with E-state index in [2.05, 4.69) is 15.5 Å². The molecule has 2 N–H and O–H groups in total. The van der Waals surface area contributed by atoms with Crippen molar-refractivity contribution in [1.82, 2.24) is 15.5 Å². The van der Waals surface area contributed by atoms with Crippen molar-refractivity contribution in [2.75, 3.05) is 52.5 Å². The Morgan fingerprint density at radius 3 is 2.60 bits per heavy atom. The molecular formula is C22H32FIN4O2. The van der Waals surface area contributed by atoms with Crippen molar-refractivity contribution in [3.8, 4) is 0 Å². The van der Waals surface area contributed by atoms with Crippen LogP contribution in [0.4, 0.5) is 4.39 Å². The Morgan fingerprint density at radius 1 is 1.07 bits per heavy atom. The lowest BCUT2D eigenvalue weighted by Gasteiger charge is -2.26. The average molecular weight is 530 g/mol. The van der Waals surface area contributed by atoms with E-state index in [1.54, 1.807) is 18.4 Å². The number of rotatable bonds is 10. The summed E-state index contributed by atoms with van der Waals surface area (Å²) in [5, 5.41) is 6.72. The van der Waals surface area contributed by atoms with E-state index in [9.17, 15) is 4.39 Å². The molecule has 1 aromatic heterocycles. The van der Waals surface area contributed by atoms with Crippen molar-refractivity contribution >= 4 is 29.9 Å². The van der Waals surface area contributed by atoms with E-state index in [1.807, 2.05) is 18.2 Å². The summed E-state index contributed by atoms with van der Waals surface area (Å²) in [7, 11) is 0. The molecule has 1 saturated heterocycles. The van der Waals surface area contributed by atoms with Crippen LogP contribution in [0.25, 0.3) is 0 Å². The van der Waals surface area contributed by atoms with Crippen LogP contribution >= 0.6 is 24.0 Å². The van der Waals surface area contributed by atoms with Gasteiger partial charge in [-0.2, -0.15) is 0 Å². The molecule has 2 heterocycles. The van der Waals surface area contributed by atoms with Crippen molar-refractivity contribution in [3.05, 3.63) is 59.8 Å². The van der Waals surface area contributed by atoms with Crippen LogP contribution in [0.3, 0.4) is 0 Å². The third kappa shape index (κ3) is 9.44. The molecule has 3 rings (SSSR count). The molecule has 1 aromatic carbocycles. The van der Waals surface area contributed by atoms with Crippen molar-refractivity contribution in [2.45, 2.75) is 19.3 Å². The molecule has 0 spiro atoms. The highest BCUT2D eigenvalue weighted by Crippen LogP contribution is 2.04. The van der Waals surface area contributed by atoms with E-state index in [0.29, 0.717) is 6.54 Å². The van der Waals surface area contributed by atoms with E-state index in [-0.39, 0.29) is 29.8 Å². The number of hydrogen-bond donors (Lipinski definition) is 2. The van der Waals surface area contributed by atoms with Gasteiger partial charge in [0, 0.05) is 45.7 Å². The summed E-state index contributed by atoms with van der Waals surface area (Å²) in [5.74, 6) is 1.54. The lowest BCUT2D eigenvalue weighted by atomic mass is 10.1. The Balaban J connectivity index is 0.00000320. The number of nitrogens with zero attached hydrogens (tertiary/aromatic N) is 2. The Morgan fingerprint density at radius 2 is 1.87 bits per heavy atom. The van der Waals surface area contributed by atoms with Gasteiger partial charge < -0.3 is 19.8 Å². The second kappa shape index (κ2) is 14.4. The standard InChI is InChI=1S/C22H31FN4O2.HI/c23-20-5-1-4-19(18-20)7-10-25-22(26-11-8-21-6-2-15-29-21)24-9-3-12-27-13-16-28-17-14-27;/h1-2,4-6,15,18H,3,7-14,16-17H2,(H2,24,25,26);1H. The first-order chi connectivity index (χ1) is 14.3. The largest absolute Gasteiger partial charge is 0.469 e. The molecule has 1 aliphatic heterocycles. The van der Waals surface area contributed by atoms with Gasteiger partial charge in [-0.15, -0.1) is 24.0 Å². The smallest absolute Gasteiger partial charge is 0.191 e. The molecule has 8 heteroatoms. The molecule has 0 radical (unpaired) electrons.